The minimum Gasteiger partial charge on any atom is -0.392 e. The number of carbonyl (C=O) groups excluding carboxylic acids is 1. The number of fused-ring (bicyclic) bond motifs is 2. The van der Waals surface area contributed by atoms with Crippen LogP contribution >= 0.6 is 0 Å². The van der Waals surface area contributed by atoms with E-state index in [1.54, 1.807) is 6.20 Å². The number of hydrogen-bond donors (Lipinski definition) is 4. The van der Waals surface area contributed by atoms with E-state index in [1.165, 1.54) is 0 Å². The van der Waals surface area contributed by atoms with Crippen LogP contribution in [-0.4, -0.2) is 61.9 Å². The Morgan fingerprint density at radius 1 is 0.978 bits per heavy atom. The van der Waals surface area contributed by atoms with Crippen LogP contribution in [0.5, 0.6) is 0 Å². The van der Waals surface area contributed by atoms with E-state index < -0.39 is 0 Å². The monoisotopic (exact) mass is 616 g/mol. The van der Waals surface area contributed by atoms with Gasteiger partial charge in [0, 0.05) is 61.4 Å². The second kappa shape index (κ2) is 12.6. The SMILES string of the molecule is CN[C@H]1CCCn2nc(C(=O)Nc3cccc(-c4cccc(Nc5nccc6cc(CN7CC[C@@H](O)C7)cnc56)c4C)c3C)cc21. The maximum atomic E-state index is 13.3. The third kappa shape index (κ3) is 5.87. The van der Waals surface area contributed by atoms with E-state index >= 15 is 0 Å². The van der Waals surface area contributed by atoms with Crippen LogP contribution in [0.2, 0.25) is 0 Å². The van der Waals surface area contributed by atoms with Crippen molar-refractivity contribution in [3.63, 3.8) is 0 Å². The Bertz CT molecular complexity index is 1920. The third-order valence-corrected chi connectivity index (χ3v) is 9.38. The molecule has 3 aromatic heterocycles. The number of aliphatic hydroxyl groups is 1. The third-order valence-electron chi connectivity index (χ3n) is 9.38. The van der Waals surface area contributed by atoms with Crippen molar-refractivity contribution in [2.24, 2.45) is 0 Å². The number of anilines is 3. The fourth-order valence-electron chi connectivity index (χ4n) is 6.82. The van der Waals surface area contributed by atoms with Crippen LogP contribution in [0.4, 0.5) is 17.2 Å². The first-order chi connectivity index (χ1) is 22.4. The summed E-state index contributed by atoms with van der Waals surface area (Å²) < 4.78 is 1.95. The minimum absolute atomic E-state index is 0.208. The predicted molar refractivity (Wildman–Crippen MR) is 181 cm³/mol. The van der Waals surface area contributed by atoms with Crippen molar-refractivity contribution in [1.82, 2.24) is 30.0 Å². The summed E-state index contributed by atoms with van der Waals surface area (Å²) in [4.78, 5) is 25.0. The van der Waals surface area contributed by atoms with Crippen LogP contribution in [0.1, 0.15) is 58.2 Å². The molecular weight excluding hydrogens is 576 g/mol. The summed E-state index contributed by atoms with van der Waals surface area (Å²) in [6, 6.07) is 18.4. The summed E-state index contributed by atoms with van der Waals surface area (Å²) in [5.41, 5.74) is 9.27. The van der Waals surface area contributed by atoms with E-state index in [9.17, 15) is 9.90 Å². The molecule has 1 saturated heterocycles. The average molecular weight is 617 g/mol. The molecule has 10 nitrogen and oxygen atoms in total. The first kappa shape index (κ1) is 30.0. The second-order valence-electron chi connectivity index (χ2n) is 12.4. The molecule has 0 bridgehead atoms. The molecule has 0 saturated carbocycles. The topological polar surface area (TPSA) is 120 Å². The molecule has 236 valence electrons. The van der Waals surface area contributed by atoms with Gasteiger partial charge in [0.15, 0.2) is 11.5 Å². The van der Waals surface area contributed by atoms with E-state index in [2.05, 4.69) is 56.1 Å². The summed E-state index contributed by atoms with van der Waals surface area (Å²) in [5, 5.41) is 25.5. The first-order valence-corrected chi connectivity index (χ1v) is 16.0. The summed E-state index contributed by atoms with van der Waals surface area (Å²) in [7, 11) is 1.95. The second-order valence-corrected chi connectivity index (χ2v) is 12.4. The number of β-amino-alcohol motifs (C(OH)–C–C–N with tert-alkyl or cyclic N) is 1. The lowest BCUT2D eigenvalue weighted by Crippen LogP contribution is -2.24. The highest BCUT2D eigenvalue weighted by Crippen LogP contribution is 2.35. The normalized spacial score (nSPS) is 18.1. The number of nitrogens with one attached hydrogen (secondary N) is 3. The van der Waals surface area contributed by atoms with Gasteiger partial charge in [-0.25, -0.2) is 4.98 Å². The molecule has 1 amide bonds. The highest BCUT2D eigenvalue weighted by atomic mass is 16.3. The van der Waals surface area contributed by atoms with Gasteiger partial charge in [-0.1, -0.05) is 24.3 Å². The van der Waals surface area contributed by atoms with Crippen LogP contribution in [0.3, 0.4) is 0 Å². The molecule has 46 heavy (non-hydrogen) atoms. The van der Waals surface area contributed by atoms with E-state index in [0.717, 1.165) is 94.7 Å². The van der Waals surface area contributed by atoms with Crippen LogP contribution in [-0.2, 0) is 13.1 Å². The fraction of sp³-hybridized carbons (Fsp3) is 0.333. The van der Waals surface area contributed by atoms with Crippen LogP contribution < -0.4 is 16.0 Å². The molecule has 5 heterocycles. The van der Waals surface area contributed by atoms with Gasteiger partial charge in [0.2, 0.25) is 0 Å². The molecule has 7 rings (SSSR count). The Hall–Kier alpha value is -4.64. The maximum absolute atomic E-state index is 13.3. The van der Waals surface area contributed by atoms with Crippen LogP contribution in [0, 0.1) is 13.8 Å². The van der Waals surface area contributed by atoms with E-state index in [4.69, 9.17) is 4.98 Å². The van der Waals surface area contributed by atoms with Crippen LogP contribution in [0.15, 0.2) is 67.0 Å². The first-order valence-electron chi connectivity index (χ1n) is 16.0. The number of aromatic nitrogens is 4. The number of nitrogens with zero attached hydrogens (tertiary/aromatic N) is 5. The highest BCUT2D eigenvalue weighted by molar-refractivity contribution is 6.04. The molecule has 10 heteroatoms. The lowest BCUT2D eigenvalue weighted by Gasteiger charge is -2.22. The van der Waals surface area contributed by atoms with E-state index in [0.29, 0.717) is 18.1 Å². The zero-order chi connectivity index (χ0) is 31.8. The predicted octanol–water partition coefficient (Wildman–Crippen LogP) is 5.73. The Balaban J connectivity index is 1.12. The van der Waals surface area contributed by atoms with Gasteiger partial charge >= 0.3 is 0 Å². The summed E-state index contributed by atoms with van der Waals surface area (Å²) in [5.74, 6) is 0.488. The minimum atomic E-state index is -0.239. The van der Waals surface area contributed by atoms with Gasteiger partial charge in [-0.15, -0.1) is 0 Å². The molecule has 0 unspecified atom stereocenters. The number of aryl methyl sites for hydroxylation is 1. The zero-order valence-corrected chi connectivity index (χ0v) is 26.5. The van der Waals surface area contributed by atoms with Gasteiger partial charge in [-0.3, -0.25) is 19.4 Å². The van der Waals surface area contributed by atoms with Gasteiger partial charge in [0.05, 0.1) is 11.8 Å². The van der Waals surface area contributed by atoms with Crippen molar-refractivity contribution in [2.75, 3.05) is 30.8 Å². The lowest BCUT2D eigenvalue weighted by molar-refractivity contribution is 0.102. The standard InChI is InChI=1S/C36H40N8O2/c1-22-27(28-8-5-10-30(23(28)2)41-36(46)32-18-33-31(37-3)11-6-15-44(33)42-32)7-4-9-29(22)40-35-34-25(12-14-38-35)17-24(19-39-34)20-43-16-13-26(45)21-43/h4-5,7-10,12,14,17-19,26,31,37,45H,6,11,13,15-16,20-21H2,1-3H3,(H,38,40)(H,41,46)/t26-,31+/m1/s1. The Kier molecular flexibility index (Phi) is 8.25. The number of amides is 1. The summed E-state index contributed by atoms with van der Waals surface area (Å²) in [6.07, 6.45) is 6.37. The molecule has 0 spiro atoms. The molecule has 0 aliphatic carbocycles. The molecule has 2 atom stereocenters. The number of benzene rings is 2. The molecule has 4 N–H and O–H groups in total. The molecule has 2 aliphatic heterocycles. The Morgan fingerprint density at radius 3 is 2.52 bits per heavy atom. The quantitative estimate of drug-likeness (QED) is 0.175. The van der Waals surface area contributed by atoms with Gasteiger partial charge < -0.3 is 21.1 Å². The van der Waals surface area contributed by atoms with Gasteiger partial charge in [0.25, 0.3) is 5.91 Å². The number of hydrogen-bond acceptors (Lipinski definition) is 8. The lowest BCUT2D eigenvalue weighted by atomic mass is 9.94. The van der Waals surface area contributed by atoms with E-state index in [1.807, 2.05) is 61.2 Å². The van der Waals surface area contributed by atoms with Crippen molar-refractivity contribution in [3.05, 3.63) is 95.1 Å². The summed E-state index contributed by atoms with van der Waals surface area (Å²) in [6.45, 7) is 7.33. The summed E-state index contributed by atoms with van der Waals surface area (Å²) >= 11 is 0. The number of likely N-dealkylation sites (tertiary alicyclic amines) is 1. The maximum Gasteiger partial charge on any atom is 0.276 e. The van der Waals surface area contributed by atoms with Gasteiger partial charge in [0.1, 0.15) is 5.52 Å². The van der Waals surface area contributed by atoms with E-state index in [-0.39, 0.29) is 18.1 Å². The van der Waals surface area contributed by atoms with Crippen molar-refractivity contribution >= 4 is 34.0 Å². The number of pyridine rings is 2. The molecule has 1 fully saturated rings. The Morgan fingerprint density at radius 2 is 1.76 bits per heavy atom. The smallest absolute Gasteiger partial charge is 0.276 e. The van der Waals surface area contributed by atoms with Crippen molar-refractivity contribution in [3.8, 4) is 11.1 Å². The van der Waals surface area contributed by atoms with Crippen molar-refractivity contribution in [2.45, 2.75) is 58.3 Å². The Labute approximate surface area is 268 Å². The van der Waals surface area contributed by atoms with Crippen molar-refractivity contribution in [1.29, 1.82) is 0 Å². The highest BCUT2D eigenvalue weighted by Gasteiger charge is 2.24. The molecular formula is C36H40N8O2. The number of carbonyl (C=O) groups is 1. The number of aliphatic hydroxyl groups excluding tert-OH is 1. The molecule has 2 aromatic carbocycles. The van der Waals surface area contributed by atoms with Gasteiger partial charge in [-0.2, -0.15) is 5.10 Å². The molecule has 0 radical (unpaired) electrons. The largest absolute Gasteiger partial charge is 0.392 e. The molecule has 5 aromatic rings. The average Bonchev–Trinajstić information content (AvgIpc) is 3.69. The zero-order valence-electron chi connectivity index (χ0n) is 26.5. The van der Waals surface area contributed by atoms with Crippen LogP contribution in [0.25, 0.3) is 22.0 Å². The van der Waals surface area contributed by atoms with Crippen molar-refractivity contribution < 1.29 is 9.90 Å². The fourth-order valence-corrected chi connectivity index (χ4v) is 6.82. The number of rotatable bonds is 8. The molecule has 2 aliphatic rings. The van der Waals surface area contributed by atoms with Gasteiger partial charge in [-0.05, 0) is 98.3 Å².